The zero-order valence-electron chi connectivity index (χ0n) is 25.9. The highest BCUT2D eigenvalue weighted by Crippen LogP contribution is 2.48. The van der Waals surface area contributed by atoms with E-state index in [1.165, 1.54) is 24.8 Å². The first-order chi connectivity index (χ1) is 20.9. The van der Waals surface area contributed by atoms with E-state index >= 15 is 0 Å². The number of hydrogen-bond acceptors (Lipinski definition) is 6. The number of likely N-dealkylation sites (N-methyl/N-ethyl adjacent to an activating group) is 2. The third-order valence-corrected chi connectivity index (χ3v) is 10.2. The number of amides is 1. The Morgan fingerprint density at radius 2 is 1.84 bits per heavy atom. The van der Waals surface area contributed by atoms with E-state index < -0.39 is 16.0 Å². The van der Waals surface area contributed by atoms with E-state index in [4.69, 9.17) is 9.88 Å². The van der Waals surface area contributed by atoms with Gasteiger partial charge in [-0.15, -0.1) is 0 Å². The molecular weight excluding hydrogens is 580 g/mol. The number of aryl methyl sites for hydroxylation is 1. The number of carbonyl (C=O) groups excluding carboxylic acids is 1. The van der Waals surface area contributed by atoms with Crippen molar-refractivity contribution in [1.29, 1.82) is 0 Å². The van der Waals surface area contributed by atoms with Crippen LogP contribution in [-0.4, -0.2) is 85.4 Å². The number of carboxylic acids is 1. The van der Waals surface area contributed by atoms with Gasteiger partial charge < -0.3 is 19.3 Å². The number of aromatic nitrogens is 1. The van der Waals surface area contributed by atoms with Crippen molar-refractivity contribution >= 4 is 32.8 Å². The Hall–Kier alpha value is -3.41. The van der Waals surface area contributed by atoms with Crippen LogP contribution in [0.2, 0.25) is 0 Å². The SMILES string of the molecule is Cc1cccc2c1-c1c(C3CCCCC3)c3ccc(C(=O)O)cc3n1C[C@@H](N(C)CCN(C)C(=O)CCCS(N)(=O)=O)CO2. The predicted octanol–water partition coefficient (Wildman–Crippen LogP) is 4.58. The summed E-state index contributed by atoms with van der Waals surface area (Å²) in [6, 6.07) is 11.6. The monoisotopic (exact) mass is 624 g/mol. The minimum absolute atomic E-state index is 0.0587. The van der Waals surface area contributed by atoms with Crippen molar-refractivity contribution < 1.29 is 27.9 Å². The summed E-state index contributed by atoms with van der Waals surface area (Å²) in [4.78, 5) is 28.5. The summed E-state index contributed by atoms with van der Waals surface area (Å²) >= 11 is 0. The third-order valence-electron chi connectivity index (χ3n) is 9.32. The van der Waals surface area contributed by atoms with Crippen molar-refractivity contribution in [1.82, 2.24) is 14.4 Å². The molecule has 11 heteroatoms. The van der Waals surface area contributed by atoms with Gasteiger partial charge in [-0.1, -0.05) is 37.5 Å². The van der Waals surface area contributed by atoms with Crippen molar-refractivity contribution in [3.05, 3.63) is 53.1 Å². The maximum absolute atomic E-state index is 12.6. The van der Waals surface area contributed by atoms with Crippen LogP contribution >= 0.6 is 0 Å². The van der Waals surface area contributed by atoms with Gasteiger partial charge in [0.05, 0.1) is 23.1 Å². The summed E-state index contributed by atoms with van der Waals surface area (Å²) in [6.07, 6.45) is 6.13. The number of aromatic carboxylic acids is 1. The van der Waals surface area contributed by atoms with Crippen LogP contribution in [-0.2, 0) is 21.4 Å². The van der Waals surface area contributed by atoms with E-state index in [2.05, 4.69) is 22.5 Å². The second-order valence-electron chi connectivity index (χ2n) is 12.4. The second-order valence-corrected chi connectivity index (χ2v) is 14.2. The summed E-state index contributed by atoms with van der Waals surface area (Å²) in [5, 5.41) is 16.1. The molecule has 3 N–H and O–H groups in total. The molecule has 2 aromatic carbocycles. The van der Waals surface area contributed by atoms with E-state index in [1.807, 2.05) is 31.3 Å². The van der Waals surface area contributed by atoms with Crippen LogP contribution in [0.5, 0.6) is 5.75 Å². The van der Waals surface area contributed by atoms with Gasteiger partial charge in [-0.05, 0) is 68.5 Å². The summed E-state index contributed by atoms with van der Waals surface area (Å²) in [5.74, 6) is -0.0814. The molecule has 0 unspecified atom stereocenters. The zero-order valence-corrected chi connectivity index (χ0v) is 26.7. The lowest BCUT2D eigenvalue weighted by Crippen LogP contribution is -2.44. The molecule has 10 nitrogen and oxygen atoms in total. The quantitative estimate of drug-likeness (QED) is 0.337. The first-order valence-corrected chi connectivity index (χ1v) is 17.2. The van der Waals surface area contributed by atoms with Gasteiger partial charge in [-0.25, -0.2) is 18.4 Å². The fourth-order valence-corrected chi connectivity index (χ4v) is 7.33. The summed E-state index contributed by atoms with van der Waals surface area (Å²) in [5.41, 5.74) is 5.82. The zero-order chi connectivity index (χ0) is 31.6. The van der Waals surface area contributed by atoms with Crippen LogP contribution in [0.15, 0.2) is 36.4 Å². The van der Waals surface area contributed by atoms with Crippen LogP contribution < -0.4 is 9.88 Å². The minimum Gasteiger partial charge on any atom is -0.491 e. The highest BCUT2D eigenvalue weighted by atomic mass is 32.2. The van der Waals surface area contributed by atoms with E-state index in [0.717, 1.165) is 46.3 Å². The first-order valence-electron chi connectivity index (χ1n) is 15.5. The van der Waals surface area contributed by atoms with Crippen LogP contribution in [0.3, 0.4) is 0 Å². The van der Waals surface area contributed by atoms with Crippen LogP contribution in [0.1, 0.15) is 72.3 Å². The van der Waals surface area contributed by atoms with Crippen LogP contribution in [0, 0.1) is 6.92 Å². The second kappa shape index (κ2) is 13.3. The number of carbonyl (C=O) groups is 2. The van der Waals surface area contributed by atoms with E-state index in [-0.39, 0.29) is 36.1 Å². The molecule has 0 spiro atoms. The lowest BCUT2D eigenvalue weighted by atomic mass is 9.81. The standard InChI is InChI=1S/C33H44N4O6S/c1-22-9-7-12-28-30(22)32-31(23-10-5-4-6-11-23)26-15-14-24(33(39)40)19-27(26)37(32)20-25(21-43-28)35(2)16-17-36(3)29(38)13-8-18-44(34,41)42/h7,9,12,14-15,19,23,25H,4-6,8,10-11,13,16-18,20-21H2,1-3H3,(H,39,40)(H2,34,41,42)/t25-/m1/s1. The van der Waals surface area contributed by atoms with Crippen molar-refractivity contribution in [3.8, 4) is 17.0 Å². The highest BCUT2D eigenvalue weighted by molar-refractivity contribution is 7.89. The summed E-state index contributed by atoms with van der Waals surface area (Å²) < 4.78 is 31.3. The molecule has 1 aliphatic carbocycles. The average Bonchev–Trinajstić information content (AvgIpc) is 3.28. The Labute approximate surface area is 259 Å². The molecular formula is C33H44N4O6S. The van der Waals surface area contributed by atoms with Gasteiger partial charge in [0.2, 0.25) is 15.9 Å². The molecule has 1 atom stereocenters. The van der Waals surface area contributed by atoms with Crippen molar-refractivity contribution in [2.75, 3.05) is 39.5 Å². The lowest BCUT2D eigenvalue weighted by Gasteiger charge is -2.34. The Morgan fingerprint density at radius 1 is 1.09 bits per heavy atom. The molecule has 1 aliphatic heterocycles. The Kier molecular flexibility index (Phi) is 9.67. The summed E-state index contributed by atoms with van der Waals surface area (Å²) in [7, 11) is 0.143. The smallest absolute Gasteiger partial charge is 0.335 e. The Balaban J connectivity index is 1.50. The average molecular weight is 625 g/mol. The normalized spacial score (nSPS) is 17.4. The maximum Gasteiger partial charge on any atom is 0.335 e. The van der Waals surface area contributed by atoms with Gasteiger partial charge >= 0.3 is 5.97 Å². The Morgan fingerprint density at radius 3 is 2.55 bits per heavy atom. The van der Waals surface area contributed by atoms with E-state index in [9.17, 15) is 23.1 Å². The van der Waals surface area contributed by atoms with Crippen LogP contribution in [0.25, 0.3) is 22.2 Å². The number of nitrogens with zero attached hydrogens (tertiary/aromatic N) is 3. The largest absolute Gasteiger partial charge is 0.491 e. The number of sulfonamides is 1. The number of ether oxygens (including phenoxy) is 1. The third kappa shape index (κ3) is 6.95. The number of carboxylic acid groups (broad SMARTS) is 1. The van der Waals surface area contributed by atoms with Gasteiger partial charge in [-0.2, -0.15) is 0 Å². The van der Waals surface area contributed by atoms with Gasteiger partial charge in [0.15, 0.2) is 0 Å². The molecule has 0 radical (unpaired) electrons. The van der Waals surface area contributed by atoms with Crippen molar-refractivity contribution in [2.45, 2.75) is 70.4 Å². The molecule has 0 saturated heterocycles. The van der Waals surface area contributed by atoms with Gasteiger partial charge in [-0.3, -0.25) is 9.69 Å². The van der Waals surface area contributed by atoms with Gasteiger partial charge in [0.1, 0.15) is 12.4 Å². The molecule has 0 bridgehead atoms. The number of fused-ring (bicyclic) bond motifs is 5. The van der Waals surface area contributed by atoms with Crippen LogP contribution in [0.4, 0.5) is 0 Å². The van der Waals surface area contributed by atoms with E-state index in [0.29, 0.717) is 32.2 Å². The van der Waals surface area contributed by atoms with Crippen molar-refractivity contribution in [3.63, 3.8) is 0 Å². The van der Waals surface area contributed by atoms with Gasteiger partial charge in [0.25, 0.3) is 0 Å². The molecule has 2 heterocycles. The number of hydrogen-bond donors (Lipinski definition) is 2. The fourth-order valence-electron chi connectivity index (χ4n) is 6.78. The molecule has 238 valence electrons. The number of rotatable bonds is 10. The fraction of sp³-hybridized carbons (Fsp3) is 0.515. The lowest BCUT2D eigenvalue weighted by molar-refractivity contribution is -0.130. The molecule has 1 amide bonds. The predicted molar refractivity (Wildman–Crippen MR) is 172 cm³/mol. The number of nitrogens with two attached hydrogens (primary N) is 1. The Bertz CT molecular complexity index is 1640. The summed E-state index contributed by atoms with van der Waals surface area (Å²) in [6.45, 7) is 4.18. The number of benzene rings is 2. The maximum atomic E-state index is 12.6. The molecule has 1 saturated carbocycles. The highest BCUT2D eigenvalue weighted by Gasteiger charge is 2.32. The van der Waals surface area contributed by atoms with E-state index in [1.54, 1.807) is 18.0 Å². The van der Waals surface area contributed by atoms with Gasteiger partial charge in [0, 0.05) is 49.6 Å². The molecule has 1 fully saturated rings. The molecule has 44 heavy (non-hydrogen) atoms. The topological polar surface area (TPSA) is 135 Å². The number of primary sulfonamides is 1. The molecule has 5 rings (SSSR count). The minimum atomic E-state index is -3.60. The molecule has 2 aliphatic rings. The molecule has 3 aromatic rings. The molecule has 1 aromatic heterocycles. The van der Waals surface area contributed by atoms with Crippen molar-refractivity contribution in [2.24, 2.45) is 5.14 Å². The first kappa shape index (κ1) is 32.0.